The monoisotopic (exact) mass is 276 g/mol. The van der Waals surface area contributed by atoms with Gasteiger partial charge in [0.25, 0.3) is 0 Å². The van der Waals surface area contributed by atoms with Gasteiger partial charge in [-0.1, -0.05) is 6.42 Å². The van der Waals surface area contributed by atoms with Gasteiger partial charge in [-0.15, -0.1) is 0 Å². The largest absolute Gasteiger partial charge is 0.392 e. The maximum atomic E-state index is 12.0. The van der Waals surface area contributed by atoms with E-state index in [-0.39, 0.29) is 24.3 Å². The van der Waals surface area contributed by atoms with Crippen molar-refractivity contribution in [2.45, 2.75) is 32.3 Å². The summed E-state index contributed by atoms with van der Waals surface area (Å²) in [7, 11) is 0. The molecule has 2 rings (SSSR count). The van der Waals surface area contributed by atoms with E-state index in [1.54, 1.807) is 31.2 Å². The van der Waals surface area contributed by atoms with Gasteiger partial charge in [0, 0.05) is 23.7 Å². The molecule has 1 aromatic carbocycles. The highest BCUT2D eigenvalue weighted by Crippen LogP contribution is 2.29. The zero-order valence-electron chi connectivity index (χ0n) is 11.6. The van der Waals surface area contributed by atoms with Gasteiger partial charge in [0.1, 0.15) is 0 Å². The number of hydrogen-bond acceptors (Lipinski definition) is 3. The Hall–Kier alpha value is -1.88. The van der Waals surface area contributed by atoms with Crippen LogP contribution >= 0.6 is 0 Å². The second-order valence-electron chi connectivity index (χ2n) is 5.25. The first-order valence-electron chi connectivity index (χ1n) is 6.93. The molecule has 0 radical (unpaired) electrons. The van der Waals surface area contributed by atoms with E-state index in [1.165, 1.54) is 0 Å². The van der Waals surface area contributed by atoms with Gasteiger partial charge < -0.3 is 15.7 Å². The summed E-state index contributed by atoms with van der Waals surface area (Å²) in [5, 5.41) is 14.3. The number of ketones is 1. The topological polar surface area (TPSA) is 78.4 Å². The van der Waals surface area contributed by atoms with Gasteiger partial charge in [-0.3, -0.25) is 4.79 Å². The van der Waals surface area contributed by atoms with Crippen molar-refractivity contribution in [2.75, 3.05) is 11.9 Å². The lowest BCUT2D eigenvalue weighted by atomic mass is 9.80. The lowest BCUT2D eigenvalue weighted by Gasteiger charge is -2.23. The molecule has 1 aromatic rings. The average Bonchev–Trinajstić information content (AvgIpc) is 2.35. The minimum Gasteiger partial charge on any atom is -0.392 e. The number of Topliss-reactive ketones (excluding diaryl/α,β-unsaturated/α-hetero) is 1. The van der Waals surface area contributed by atoms with Crippen molar-refractivity contribution >= 4 is 17.5 Å². The summed E-state index contributed by atoms with van der Waals surface area (Å²) in [5.41, 5.74) is 1.32. The van der Waals surface area contributed by atoms with Gasteiger partial charge >= 0.3 is 6.03 Å². The van der Waals surface area contributed by atoms with Crippen LogP contribution in [0.4, 0.5) is 10.5 Å². The van der Waals surface area contributed by atoms with E-state index >= 15 is 0 Å². The molecule has 0 unspecified atom stereocenters. The molecule has 1 aliphatic carbocycles. The van der Waals surface area contributed by atoms with Crippen molar-refractivity contribution in [1.29, 1.82) is 0 Å². The van der Waals surface area contributed by atoms with Crippen LogP contribution in [0.5, 0.6) is 0 Å². The number of carbonyl (C=O) groups excluding carboxylic acids is 2. The van der Waals surface area contributed by atoms with Crippen LogP contribution in [0.25, 0.3) is 0 Å². The predicted octanol–water partition coefficient (Wildman–Crippen LogP) is 2.17. The molecule has 108 valence electrons. The van der Waals surface area contributed by atoms with Crippen LogP contribution in [0.15, 0.2) is 24.3 Å². The quantitative estimate of drug-likeness (QED) is 0.721. The normalized spacial score (nSPS) is 16.1. The van der Waals surface area contributed by atoms with Crippen LogP contribution < -0.4 is 10.6 Å². The number of benzene rings is 1. The van der Waals surface area contributed by atoms with Crippen molar-refractivity contribution in [3.05, 3.63) is 29.8 Å². The Morgan fingerprint density at radius 1 is 1.30 bits per heavy atom. The molecule has 0 heterocycles. The molecule has 0 spiro atoms. The molecule has 3 N–H and O–H groups in total. The summed E-state index contributed by atoms with van der Waals surface area (Å²) in [4.78, 5) is 23.5. The van der Waals surface area contributed by atoms with Crippen molar-refractivity contribution in [2.24, 2.45) is 5.92 Å². The third-order valence-electron chi connectivity index (χ3n) is 3.46. The van der Waals surface area contributed by atoms with Crippen LogP contribution in [0.1, 0.15) is 36.5 Å². The van der Waals surface area contributed by atoms with E-state index in [0.29, 0.717) is 11.3 Å². The first kappa shape index (κ1) is 14.5. The highest BCUT2D eigenvalue weighted by molar-refractivity contribution is 5.99. The van der Waals surface area contributed by atoms with E-state index in [9.17, 15) is 9.59 Å². The predicted molar refractivity (Wildman–Crippen MR) is 76.8 cm³/mol. The summed E-state index contributed by atoms with van der Waals surface area (Å²) >= 11 is 0. The molecule has 2 amide bonds. The standard InChI is InChI=1S/C15H20N2O3/c1-10(18)9-16-15(20)17-13-7-5-12(6-8-13)14(19)11-3-2-4-11/h5-8,10-11,18H,2-4,9H2,1H3,(H2,16,17,20)/t10-/m1/s1. The number of hydrogen-bond donors (Lipinski definition) is 3. The first-order valence-corrected chi connectivity index (χ1v) is 6.93. The number of urea groups is 1. The van der Waals surface area contributed by atoms with Crippen LogP contribution in [-0.4, -0.2) is 29.6 Å². The smallest absolute Gasteiger partial charge is 0.319 e. The zero-order chi connectivity index (χ0) is 14.5. The number of carbonyl (C=O) groups is 2. The van der Waals surface area contributed by atoms with Crippen LogP contribution in [0.3, 0.4) is 0 Å². The molecular weight excluding hydrogens is 256 g/mol. The second kappa shape index (κ2) is 6.52. The van der Waals surface area contributed by atoms with E-state index in [2.05, 4.69) is 10.6 Å². The molecular formula is C15H20N2O3. The third kappa shape index (κ3) is 3.81. The molecule has 0 bridgehead atoms. The van der Waals surface area contributed by atoms with Crippen LogP contribution in [0, 0.1) is 5.92 Å². The van der Waals surface area contributed by atoms with E-state index in [1.807, 2.05) is 0 Å². The van der Waals surface area contributed by atoms with E-state index in [0.717, 1.165) is 19.3 Å². The Kier molecular flexibility index (Phi) is 4.74. The SMILES string of the molecule is C[C@@H](O)CNC(=O)Nc1ccc(C(=O)C2CCC2)cc1. The Morgan fingerprint density at radius 3 is 2.45 bits per heavy atom. The van der Waals surface area contributed by atoms with Crippen molar-refractivity contribution < 1.29 is 14.7 Å². The summed E-state index contributed by atoms with van der Waals surface area (Å²) in [5.74, 6) is 0.379. The summed E-state index contributed by atoms with van der Waals surface area (Å²) in [6.45, 7) is 1.80. The molecule has 20 heavy (non-hydrogen) atoms. The van der Waals surface area contributed by atoms with E-state index in [4.69, 9.17) is 5.11 Å². The Morgan fingerprint density at radius 2 is 1.95 bits per heavy atom. The number of anilines is 1. The lowest BCUT2D eigenvalue weighted by Crippen LogP contribution is -2.34. The molecule has 5 nitrogen and oxygen atoms in total. The van der Waals surface area contributed by atoms with Gasteiger partial charge in [-0.05, 0) is 44.0 Å². The Balaban J connectivity index is 1.87. The number of nitrogens with one attached hydrogen (secondary N) is 2. The third-order valence-corrected chi connectivity index (χ3v) is 3.46. The highest BCUT2D eigenvalue weighted by Gasteiger charge is 2.25. The Labute approximate surface area is 118 Å². The van der Waals surface area contributed by atoms with Crippen molar-refractivity contribution in [3.63, 3.8) is 0 Å². The Bertz CT molecular complexity index is 478. The van der Waals surface area contributed by atoms with Gasteiger partial charge in [0.2, 0.25) is 0 Å². The van der Waals surface area contributed by atoms with Crippen molar-refractivity contribution in [3.8, 4) is 0 Å². The minimum absolute atomic E-state index is 0.183. The van der Waals surface area contributed by atoms with Gasteiger partial charge in [-0.25, -0.2) is 4.79 Å². The maximum Gasteiger partial charge on any atom is 0.319 e. The molecule has 5 heteroatoms. The first-order chi connectivity index (χ1) is 9.56. The highest BCUT2D eigenvalue weighted by atomic mass is 16.3. The van der Waals surface area contributed by atoms with E-state index < -0.39 is 6.10 Å². The average molecular weight is 276 g/mol. The minimum atomic E-state index is -0.580. The fraction of sp³-hybridized carbons (Fsp3) is 0.467. The number of aliphatic hydroxyl groups is 1. The molecule has 0 aromatic heterocycles. The van der Waals surface area contributed by atoms with Gasteiger partial charge in [-0.2, -0.15) is 0 Å². The van der Waals surface area contributed by atoms with Crippen molar-refractivity contribution in [1.82, 2.24) is 5.32 Å². The molecule has 0 saturated heterocycles. The van der Waals surface area contributed by atoms with Crippen LogP contribution in [-0.2, 0) is 0 Å². The van der Waals surface area contributed by atoms with Gasteiger partial charge in [0.15, 0.2) is 5.78 Å². The lowest BCUT2D eigenvalue weighted by molar-refractivity contribution is 0.0855. The summed E-state index contributed by atoms with van der Waals surface area (Å²) in [6.07, 6.45) is 2.53. The fourth-order valence-electron chi connectivity index (χ4n) is 2.04. The summed E-state index contributed by atoms with van der Waals surface area (Å²) < 4.78 is 0. The fourth-order valence-corrected chi connectivity index (χ4v) is 2.04. The number of amides is 2. The number of aliphatic hydroxyl groups excluding tert-OH is 1. The maximum absolute atomic E-state index is 12.0. The van der Waals surface area contributed by atoms with Gasteiger partial charge in [0.05, 0.1) is 6.10 Å². The molecule has 1 atom stereocenters. The second-order valence-corrected chi connectivity index (χ2v) is 5.25. The molecule has 0 aliphatic heterocycles. The molecule has 1 fully saturated rings. The summed E-state index contributed by atoms with van der Waals surface area (Å²) in [6, 6.07) is 6.54. The zero-order valence-corrected chi connectivity index (χ0v) is 11.6. The number of rotatable bonds is 5. The van der Waals surface area contributed by atoms with Crippen LogP contribution in [0.2, 0.25) is 0 Å². The molecule has 1 saturated carbocycles. The molecule has 1 aliphatic rings.